The van der Waals surface area contributed by atoms with E-state index in [0.29, 0.717) is 11.1 Å². The fourth-order valence-corrected chi connectivity index (χ4v) is 2.89. The minimum atomic E-state index is -1.00. The van der Waals surface area contributed by atoms with Gasteiger partial charge >= 0.3 is 0 Å². The number of hydrogen-bond acceptors (Lipinski definition) is 6. The summed E-state index contributed by atoms with van der Waals surface area (Å²) in [6.45, 7) is 3.45. The van der Waals surface area contributed by atoms with Crippen LogP contribution in [0.3, 0.4) is 0 Å². The summed E-state index contributed by atoms with van der Waals surface area (Å²) in [5.41, 5.74) is 7.87. The first-order valence-corrected chi connectivity index (χ1v) is 9.06. The highest BCUT2D eigenvalue weighted by atomic mass is 32.1. The van der Waals surface area contributed by atoms with Crippen LogP contribution in [0.25, 0.3) is 11.1 Å². The standard InChI is InChI=1S/C20H20FN3O2S/c1-11(20-23-19(24-26-20)17(22)18(25)12(2)27)14-8-9-15(16(21)10-14)13-6-4-3-5-7-13/h3-12,17,27H,22H2,1-2H3. The predicted molar refractivity (Wildman–Crippen MR) is 104 cm³/mol. The first kappa shape index (κ1) is 19.3. The molecule has 3 rings (SSSR count). The smallest absolute Gasteiger partial charge is 0.233 e. The molecule has 3 unspecified atom stereocenters. The highest BCUT2D eigenvalue weighted by Crippen LogP contribution is 2.29. The van der Waals surface area contributed by atoms with Gasteiger partial charge in [-0.3, -0.25) is 4.79 Å². The molecule has 2 aromatic carbocycles. The van der Waals surface area contributed by atoms with Crippen molar-refractivity contribution >= 4 is 18.4 Å². The Bertz CT molecular complexity index is 943. The van der Waals surface area contributed by atoms with Crippen LogP contribution in [0.2, 0.25) is 0 Å². The fourth-order valence-electron chi connectivity index (χ4n) is 2.73. The molecule has 0 amide bonds. The van der Waals surface area contributed by atoms with E-state index in [-0.39, 0.29) is 29.2 Å². The van der Waals surface area contributed by atoms with Gasteiger partial charge in [0.25, 0.3) is 0 Å². The quantitative estimate of drug-likeness (QED) is 0.629. The van der Waals surface area contributed by atoms with Gasteiger partial charge in [-0.25, -0.2) is 4.39 Å². The topological polar surface area (TPSA) is 82.0 Å². The number of nitrogens with two attached hydrogens (primary N) is 1. The van der Waals surface area contributed by atoms with Crippen LogP contribution in [0, 0.1) is 5.82 Å². The van der Waals surface area contributed by atoms with E-state index in [9.17, 15) is 9.18 Å². The van der Waals surface area contributed by atoms with Crippen LogP contribution in [0.4, 0.5) is 4.39 Å². The SMILES string of the molecule is CC(S)C(=O)C(N)c1noc(C(C)c2ccc(-c3ccccc3)c(F)c2)n1. The van der Waals surface area contributed by atoms with Crippen molar-refractivity contribution in [1.82, 2.24) is 10.1 Å². The van der Waals surface area contributed by atoms with Gasteiger partial charge in [0.2, 0.25) is 5.89 Å². The predicted octanol–water partition coefficient (Wildman–Crippen LogP) is 3.91. The van der Waals surface area contributed by atoms with Gasteiger partial charge in [0.15, 0.2) is 11.6 Å². The third-order valence-corrected chi connectivity index (χ3v) is 4.66. The van der Waals surface area contributed by atoms with Crippen molar-refractivity contribution in [3.05, 3.63) is 71.6 Å². The molecule has 3 atom stereocenters. The highest BCUT2D eigenvalue weighted by Gasteiger charge is 2.26. The molecule has 140 valence electrons. The number of halogens is 1. The monoisotopic (exact) mass is 385 g/mol. The summed E-state index contributed by atoms with van der Waals surface area (Å²) in [5.74, 6) is -0.602. The van der Waals surface area contributed by atoms with Gasteiger partial charge in [-0.05, 0) is 31.0 Å². The Labute approximate surface area is 162 Å². The van der Waals surface area contributed by atoms with Crippen molar-refractivity contribution in [2.75, 3.05) is 0 Å². The van der Waals surface area contributed by atoms with Crippen LogP contribution in [0.1, 0.15) is 43.1 Å². The average Bonchev–Trinajstić information content (AvgIpc) is 3.16. The highest BCUT2D eigenvalue weighted by molar-refractivity contribution is 7.81. The Morgan fingerprint density at radius 3 is 2.52 bits per heavy atom. The Hall–Kier alpha value is -2.51. The summed E-state index contributed by atoms with van der Waals surface area (Å²) in [5, 5.41) is 3.27. The van der Waals surface area contributed by atoms with Gasteiger partial charge in [-0.1, -0.05) is 47.6 Å². The van der Waals surface area contributed by atoms with Crippen molar-refractivity contribution in [1.29, 1.82) is 0 Å². The van der Waals surface area contributed by atoms with E-state index in [1.54, 1.807) is 13.0 Å². The molecule has 3 aromatic rings. The van der Waals surface area contributed by atoms with E-state index < -0.39 is 11.3 Å². The van der Waals surface area contributed by atoms with Crippen LogP contribution in [0.5, 0.6) is 0 Å². The number of ketones is 1. The lowest BCUT2D eigenvalue weighted by atomic mass is 9.97. The minimum absolute atomic E-state index is 0.101. The average molecular weight is 385 g/mol. The summed E-state index contributed by atoms with van der Waals surface area (Å²) < 4.78 is 19.8. The van der Waals surface area contributed by atoms with Crippen molar-refractivity contribution in [2.24, 2.45) is 5.73 Å². The molecule has 0 aliphatic carbocycles. The molecule has 2 N–H and O–H groups in total. The molecule has 0 aliphatic rings. The normalized spacial score (nSPS) is 14.6. The second kappa shape index (κ2) is 8.02. The van der Waals surface area contributed by atoms with Crippen molar-refractivity contribution in [3.8, 4) is 11.1 Å². The lowest BCUT2D eigenvalue weighted by molar-refractivity contribution is -0.119. The molecule has 0 radical (unpaired) electrons. The zero-order valence-corrected chi connectivity index (χ0v) is 15.9. The molecule has 27 heavy (non-hydrogen) atoms. The molecule has 0 saturated carbocycles. The van der Waals surface area contributed by atoms with Gasteiger partial charge in [-0.2, -0.15) is 17.6 Å². The first-order valence-electron chi connectivity index (χ1n) is 8.54. The molecule has 5 nitrogen and oxygen atoms in total. The molecule has 0 aliphatic heterocycles. The van der Waals surface area contributed by atoms with Gasteiger partial charge < -0.3 is 10.3 Å². The Morgan fingerprint density at radius 1 is 1.19 bits per heavy atom. The number of nitrogens with zero attached hydrogens (tertiary/aromatic N) is 2. The van der Waals surface area contributed by atoms with Crippen LogP contribution < -0.4 is 5.73 Å². The van der Waals surface area contributed by atoms with Crippen LogP contribution in [-0.2, 0) is 4.79 Å². The minimum Gasteiger partial charge on any atom is -0.339 e. The van der Waals surface area contributed by atoms with E-state index in [0.717, 1.165) is 5.56 Å². The van der Waals surface area contributed by atoms with Gasteiger partial charge in [0.1, 0.15) is 11.9 Å². The largest absolute Gasteiger partial charge is 0.339 e. The number of aromatic nitrogens is 2. The molecule has 1 heterocycles. The van der Waals surface area contributed by atoms with Crippen LogP contribution in [-0.4, -0.2) is 21.2 Å². The van der Waals surface area contributed by atoms with Gasteiger partial charge in [0, 0.05) is 5.56 Å². The summed E-state index contributed by atoms with van der Waals surface area (Å²) >= 11 is 4.08. The number of thiol groups is 1. The second-order valence-corrected chi connectivity index (χ2v) is 7.15. The summed E-state index contributed by atoms with van der Waals surface area (Å²) in [7, 11) is 0. The molecule has 0 spiro atoms. The van der Waals surface area contributed by atoms with Crippen LogP contribution in [0.15, 0.2) is 53.1 Å². The van der Waals surface area contributed by atoms with E-state index in [4.69, 9.17) is 10.3 Å². The number of benzene rings is 2. The molecular weight excluding hydrogens is 365 g/mol. The van der Waals surface area contributed by atoms with Crippen molar-refractivity contribution in [2.45, 2.75) is 31.1 Å². The van der Waals surface area contributed by atoms with E-state index >= 15 is 0 Å². The Balaban J connectivity index is 1.83. The first-order chi connectivity index (χ1) is 12.9. The van der Waals surface area contributed by atoms with E-state index in [1.165, 1.54) is 6.07 Å². The Morgan fingerprint density at radius 2 is 1.89 bits per heavy atom. The summed E-state index contributed by atoms with van der Waals surface area (Å²) in [6.07, 6.45) is 0. The number of rotatable bonds is 6. The summed E-state index contributed by atoms with van der Waals surface area (Å²) in [4.78, 5) is 16.2. The number of Topliss-reactive ketones (excluding diaryl/α,β-unsaturated/α-hetero) is 1. The number of hydrogen-bond donors (Lipinski definition) is 2. The molecule has 7 heteroatoms. The summed E-state index contributed by atoms with van der Waals surface area (Å²) in [6, 6.07) is 13.3. The molecular formula is C20H20FN3O2S. The fraction of sp³-hybridized carbons (Fsp3) is 0.250. The second-order valence-electron chi connectivity index (χ2n) is 6.37. The lowest BCUT2D eigenvalue weighted by Crippen LogP contribution is -2.28. The molecule has 0 fully saturated rings. The van der Waals surface area contributed by atoms with Crippen LogP contribution >= 0.6 is 12.6 Å². The Kier molecular flexibility index (Phi) is 5.72. The maximum atomic E-state index is 14.6. The number of carbonyl (C=O) groups is 1. The number of carbonyl (C=O) groups excluding carboxylic acids is 1. The van der Waals surface area contributed by atoms with Gasteiger partial charge in [-0.15, -0.1) is 0 Å². The lowest BCUT2D eigenvalue weighted by Gasteiger charge is -2.10. The zero-order valence-electron chi connectivity index (χ0n) is 15.0. The van der Waals surface area contributed by atoms with E-state index in [1.807, 2.05) is 43.3 Å². The van der Waals surface area contributed by atoms with Crippen molar-refractivity contribution < 1.29 is 13.7 Å². The maximum absolute atomic E-state index is 14.6. The third-order valence-electron chi connectivity index (χ3n) is 4.40. The molecule has 1 aromatic heterocycles. The zero-order chi connectivity index (χ0) is 19.6. The van der Waals surface area contributed by atoms with Crippen molar-refractivity contribution in [3.63, 3.8) is 0 Å². The maximum Gasteiger partial charge on any atom is 0.233 e. The molecule has 0 bridgehead atoms. The third kappa shape index (κ3) is 4.09. The van der Waals surface area contributed by atoms with E-state index in [2.05, 4.69) is 22.8 Å². The molecule has 0 saturated heterocycles. The van der Waals surface area contributed by atoms with Gasteiger partial charge in [0.05, 0.1) is 11.2 Å².